The van der Waals surface area contributed by atoms with Gasteiger partial charge in [0, 0.05) is 38.2 Å². The lowest BCUT2D eigenvalue weighted by atomic mass is 9.82. The molecule has 0 aromatic rings. The Hall–Kier alpha value is -0.160. The fourth-order valence-corrected chi connectivity index (χ4v) is 2.49. The van der Waals surface area contributed by atoms with Crippen LogP contribution in [0.1, 0.15) is 12.8 Å². The first-order valence-electron chi connectivity index (χ1n) is 5.93. The van der Waals surface area contributed by atoms with Gasteiger partial charge in [0.15, 0.2) is 0 Å². The van der Waals surface area contributed by atoms with Gasteiger partial charge in [0.05, 0.1) is 19.8 Å². The first-order chi connectivity index (χ1) is 7.35. The Balaban J connectivity index is 1.87. The summed E-state index contributed by atoms with van der Waals surface area (Å²) in [6.07, 6.45) is 2.36. The van der Waals surface area contributed by atoms with Gasteiger partial charge in [-0.2, -0.15) is 0 Å². The summed E-state index contributed by atoms with van der Waals surface area (Å²) >= 11 is 0. The minimum absolute atomic E-state index is 0.204. The van der Waals surface area contributed by atoms with E-state index >= 15 is 0 Å². The summed E-state index contributed by atoms with van der Waals surface area (Å²) in [5.74, 6) is 0. The second-order valence-electron chi connectivity index (χ2n) is 4.75. The van der Waals surface area contributed by atoms with Crippen LogP contribution >= 0.6 is 0 Å². The maximum atomic E-state index is 5.92. The maximum absolute atomic E-state index is 5.92. The number of morpholine rings is 1. The number of hydrogen-bond donors (Lipinski definition) is 1. The molecule has 2 aliphatic rings. The summed E-state index contributed by atoms with van der Waals surface area (Å²) in [6, 6.07) is 0. The summed E-state index contributed by atoms with van der Waals surface area (Å²) in [4.78, 5) is 2.46. The lowest BCUT2D eigenvalue weighted by Gasteiger charge is -2.41. The van der Waals surface area contributed by atoms with E-state index in [4.69, 9.17) is 15.2 Å². The highest BCUT2D eigenvalue weighted by atomic mass is 16.5. The molecule has 2 N–H and O–H groups in total. The van der Waals surface area contributed by atoms with E-state index in [2.05, 4.69) is 4.90 Å². The fraction of sp³-hybridized carbons (Fsp3) is 1.00. The van der Waals surface area contributed by atoms with E-state index in [0.29, 0.717) is 0 Å². The van der Waals surface area contributed by atoms with Gasteiger partial charge in [-0.1, -0.05) is 0 Å². The third kappa shape index (κ3) is 2.91. The van der Waals surface area contributed by atoms with Gasteiger partial charge in [-0.3, -0.25) is 4.90 Å². The van der Waals surface area contributed by atoms with E-state index in [0.717, 1.165) is 59.0 Å². The van der Waals surface area contributed by atoms with Crippen LogP contribution in [-0.2, 0) is 9.47 Å². The third-order valence-electron chi connectivity index (χ3n) is 3.50. The van der Waals surface area contributed by atoms with Crippen LogP contribution in [0.4, 0.5) is 0 Å². The Morgan fingerprint density at radius 1 is 1.13 bits per heavy atom. The van der Waals surface area contributed by atoms with Crippen molar-refractivity contribution in [3.8, 4) is 0 Å². The molecule has 88 valence electrons. The Kier molecular flexibility index (Phi) is 3.97. The van der Waals surface area contributed by atoms with Crippen molar-refractivity contribution < 1.29 is 9.47 Å². The molecule has 15 heavy (non-hydrogen) atoms. The van der Waals surface area contributed by atoms with Crippen LogP contribution < -0.4 is 5.73 Å². The number of rotatable bonds is 3. The number of ether oxygens (including phenoxy) is 2. The molecule has 1 unspecified atom stereocenters. The molecular formula is C11H22N2O2. The van der Waals surface area contributed by atoms with Crippen LogP contribution in [0.5, 0.6) is 0 Å². The van der Waals surface area contributed by atoms with Gasteiger partial charge in [-0.25, -0.2) is 0 Å². The van der Waals surface area contributed by atoms with Crippen molar-refractivity contribution in [1.82, 2.24) is 4.90 Å². The van der Waals surface area contributed by atoms with E-state index in [9.17, 15) is 0 Å². The maximum Gasteiger partial charge on any atom is 0.0594 e. The zero-order valence-corrected chi connectivity index (χ0v) is 9.41. The van der Waals surface area contributed by atoms with Gasteiger partial charge in [0.2, 0.25) is 0 Å². The van der Waals surface area contributed by atoms with E-state index < -0.39 is 0 Å². The van der Waals surface area contributed by atoms with Gasteiger partial charge in [0.25, 0.3) is 0 Å². The minimum Gasteiger partial charge on any atom is -0.381 e. The van der Waals surface area contributed by atoms with Crippen molar-refractivity contribution in [1.29, 1.82) is 0 Å². The molecule has 1 atom stereocenters. The van der Waals surface area contributed by atoms with Crippen molar-refractivity contribution in [2.75, 3.05) is 52.6 Å². The molecule has 2 aliphatic heterocycles. The average molecular weight is 214 g/mol. The van der Waals surface area contributed by atoms with E-state index in [1.807, 2.05) is 0 Å². The summed E-state index contributed by atoms with van der Waals surface area (Å²) in [7, 11) is 0. The van der Waals surface area contributed by atoms with Crippen LogP contribution in [0.2, 0.25) is 0 Å². The highest BCUT2D eigenvalue weighted by Gasteiger charge is 2.33. The molecule has 0 saturated carbocycles. The molecule has 0 aromatic heterocycles. The molecule has 0 radical (unpaired) electrons. The predicted octanol–water partition coefficient (Wildman–Crippen LogP) is 0.0741. The topological polar surface area (TPSA) is 47.7 Å². The highest BCUT2D eigenvalue weighted by Crippen LogP contribution is 2.28. The minimum atomic E-state index is 0.204. The number of hydrogen-bond acceptors (Lipinski definition) is 4. The number of nitrogens with two attached hydrogens (primary N) is 1. The zero-order valence-electron chi connectivity index (χ0n) is 9.41. The number of nitrogens with zero attached hydrogens (tertiary/aromatic N) is 1. The quantitative estimate of drug-likeness (QED) is 0.722. The summed E-state index contributed by atoms with van der Waals surface area (Å²) < 4.78 is 10.9. The van der Waals surface area contributed by atoms with Crippen molar-refractivity contribution in [2.24, 2.45) is 11.1 Å². The van der Waals surface area contributed by atoms with Gasteiger partial charge in [-0.05, 0) is 12.8 Å². The molecule has 0 spiro atoms. The molecule has 2 saturated heterocycles. The summed E-state index contributed by atoms with van der Waals surface area (Å²) in [6.45, 7) is 7.37. The first kappa shape index (κ1) is 11.3. The molecule has 0 bridgehead atoms. The van der Waals surface area contributed by atoms with Gasteiger partial charge >= 0.3 is 0 Å². The molecule has 4 heteroatoms. The van der Waals surface area contributed by atoms with Crippen LogP contribution in [0.25, 0.3) is 0 Å². The Labute approximate surface area is 91.7 Å². The lowest BCUT2D eigenvalue weighted by Crippen LogP contribution is -2.50. The second-order valence-corrected chi connectivity index (χ2v) is 4.75. The van der Waals surface area contributed by atoms with E-state index in [1.54, 1.807) is 0 Å². The molecule has 2 heterocycles. The molecule has 0 amide bonds. The predicted molar refractivity (Wildman–Crippen MR) is 58.8 cm³/mol. The molecule has 2 fully saturated rings. The van der Waals surface area contributed by atoms with Gasteiger partial charge < -0.3 is 15.2 Å². The average Bonchev–Trinajstić information content (AvgIpc) is 2.32. The lowest BCUT2D eigenvalue weighted by molar-refractivity contribution is -0.0418. The Morgan fingerprint density at radius 3 is 2.53 bits per heavy atom. The molecule has 0 aromatic carbocycles. The highest BCUT2D eigenvalue weighted by molar-refractivity contribution is 4.86. The van der Waals surface area contributed by atoms with Gasteiger partial charge in [0.1, 0.15) is 0 Å². The largest absolute Gasteiger partial charge is 0.381 e. The van der Waals surface area contributed by atoms with E-state index in [1.165, 1.54) is 6.42 Å². The van der Waals surface area contributed by atoms with Crippen LogP contribution in [-0.4, -0.2) is 57.5 Å². The van der Waals surface area contributed by atoms with Crippen molar-refractivity contribution in [2.45, 2.75) is 12.8 Å². The summed E-state index contributed by atoms with van der Waals surface area (Å²) in [5, 5.41) is 0. The van der Waals surface area contributed by atoms with E-state index in [-0.39, 0.29) is 5.41 Å². The first-order valence-corrected chi connectivity index (χ1v) is 5.93. The molecule has 0 aliphatic carbocycles. The van der Waals surface area contributed by atoms with Crippen molar-refractivity contribution >= 4 is 0 Å². The smallest absolute Gasteiger partial charge is 0.0594 e. The molecular weight excluding hydrogens is 192 g/mol. The molecule has 4 nitrogen and oxygen atoms in total. The van der Waals surface area contributed by atoms with Gasteiger partial charge in [-0.15, -0.1) is 0 Å². The van der Waals surface area contributed by atoms with Crippen LogP contribution in [0.3, 0.4) is 0 Å². The van der Waals surface area contributed by atoms with Crippen molar-refractivity contribution in [3.05, 3.63) is 0 Å². The third-order valence-corrected chi connectivity index (χ3v) is 3.50. The fourth-order valence-electron chi connectivity index (χ4n) is 2.49. The van der Waals surface area contributed by atoms with Crippen LogP contribution in [0, 0.1) is 5.41 Å². The summed E-state index contributed by atoms with van der Waals surface area (Å²) in [5.41, 5.74) is 6.12. The Morgan fingerprint density at radius 2 is 1.93 bits per heavy atom. The van der Waals surface area contributed by atoms with Crippen molar-refractivity contribution in [3.63, 3.8) is 0 Å². The standard InChI is InChI=1S/C11H22N2O2/c12-8-11(2-1-5-15-10-11)9-13-3-6-14-7-4-13/h1-10,12H2. The second kappa shape index (κ2) is 5.25. The zero-order chi connectivity index (χ0) is 10.6. The SMILES string of the molecule is NCC1(CN2CCOCC2)CCCOC1. The monoisotopic (exact) mass is 214 g/mol. The molecule has 2 rings (SSSR count). The van der Waals surface area contributed by atoms with Crippen LogP contribution in [0.15, 0.2) is 0 Å². The Bertz CT molecular complexity index is 187. The normalized spacial score (nSPS) is 34.2.